The van der Waals surface area contributed by atoms with Gasteiger partial charge in [-0.05, 0) is 30.4 Å². The molecule has 0 radical (unpaired) electrons. The number of benzene rings is 1. The van der Waals surface area contributed by atoms with Crippen LogP contribution in [0.1, 0.15) is 45.6 Å². The fourth-order valence-electron chi connectivity index (χ4n) is 3.15. The first-order valence-corrected chi connectivity index (χ1v) is 6.81. The number of carbonyl (C=O) groups excluding carboxylic acids is 1. The van der Waals surface area contributed by atoms with Gasteiger partial charge in [-0.25, -0.2) is 8.78 Å². The highest BCUT2D eigenvalue weighted by atomic mass is 19.2. The van der Waals surface area contributed by atoms with E-state index in [4.69, 9.17) is 0 Å². The van der Waals surface area contributed by atoms with Gasteiger partial charge in [0.05, 0.1) is 0 Å². The lowest BCUT2D eigenvalue weighted by Gasteiger charge is -2.38. The summed E-state index contributed by atoms with van der Waals surface area (Å²) in [5.41, 5.74) is -0.357. The van der Waals surface area contributed by atoms with Crippen LogP contribution in [0, 0.1) is 23.5 Å². The molecule has 1 saturated carbocycles. The van der Waals surface area contributed by atoms with E-state index < -0.39 is 17.0 Å². The van der Waals surface area contributed by atoms with Gasteiger partial charge in [-0.15, -0.1) is 0 Å². The summed E-state index contributed by atoms with van der Waals surface area (Å²) in [6.07, 6.45) is 2.27. The Morgan fingerprint density at radius 1 is 1.21 bits per heavy atom. The van der Waals surface area contributed by atoms with E-state index in [-0.39, 0.29) is 11.7 Å². The van der Waals surface area contributed by atoms with Crippen LogP contribution in [0.2, 0.25) is 0 Å². The predicted molar refractivity (Wildman–Crippen MR) is 70.9 cm³/mol. The lowest BCUT2D eigenvalue weighted by atomic mass is 9.65. The lowest BCUT2D eigenvalue weighted by Crippen LogP contribution is -2.39. The molecule has 0 aliphatic heterocycles. The summed E-state index contributed by atoms with van der Waals surface area (Å²) in [4.78, 5) is 12.2. The van der Waals surface area contributed by atoms with Crippen LogP contribution >= 0.6 is 0 Å². The molecule has 0 amide bonds. The van der Waals surface area contributed by atoms with Crippen LogP contribution in [0.15, 0.2) is 18.2 Å². The van der Waals surface area contributed by atoms with Crippen LogP contribution in [0.3, 0.4) is 0 Å². The highest BCUT2D eigenvalue weighted by molar-refractivity contribution is 5.83. The van der Waals surface area contributed by atoms with Gasteiger partial charge in [0.1, 0.15) is 5.78 Å². The van der Waals surface area contributed by atoms with Gasteiger partial charge in [0, 0.05) is 17.8 Å². The van der Waals surface area contributed by atoms with Crippen LogP contribution in [0.5, 0.6) is 0 Å². The van der Waals surface area contributed by atoms with Gasteiger partial charge in [-0.2, -0.15) is 0 Å². The fraction of sp³-hybridized carbons (Fsp3) is 0.562. The Bertz CT molecular complexity index is 494. The molecular formula is C16H20F2O. The number of hydrogen-bond acceptors (Lipinski definition) is 1. The molecule has 1 nitrogen and oxygen atoms in total. The zero-order valence-corrected chi connectivity index (χ0v) is 11.7. The normalized spacial score (nSPS) is 24.6. The van der Waals surface area contributed by atoms with Crippen LogP contribution < -0.4 is 0 Å². The molecule has 0 N–H and O–H groups in total. The van der Waals surface area contributed by atoms with Crippen LogP contribution in [0.25, 0.3) is 0 Å². The summed E-state index contributed by atoms with van der Waals surface area (Å²) in [6.45, 7) is 5.73. The highest BCUT2D eigenvalue weighted by Gasteiger charge is 2.40. The SMILES string of the molecule is CC1CCC(C(C)(C)c2cccc(F)c2F)C(=O)C1. The molecule has 1 aromatic rings. The maximum Gasteiger partial charge on any atom is 0.162 e. The van der Waals surface area contributed by atoms with Gasteiger partial charge in [0.25, 0.3) is 0 Å². The number of halogens is 2. The zero-order chi connectivity index (χ0) is 14.2. The van der Waals surface area contributed by atoms with Crippen LogP contribution in [0.4, 0.5) is 8.78 Å². The minimum atomic E-state index is -0.845. The van der Waals surface area contributed by atoms with Gasteiger partial charge < -0.3 is 0 Å². The van der Waals surface area contributed by atoms with E-state index in [1.165, 1.54) is 6.07 Å². The zero-order valence-electron chi connectivity index (χ0n) is 11.7. The maximum atomic E-state index is 14.0. The average Bonchev–Trinajstić information content (AvgIpc) is 2.31. The van der Waals surface area contributed by atoms with Crippen molar-refractivity contribution in [3.05, 3.63) is 35.4 Å². The van der Waals surface area contributed by atoms with E-state index in [1.54, 1.807) is 6.07 Å². The number of carbonyl (C=O) groups is 1. The second-order valence-electron chi connectivity index (χ2n) is 6.23. The number of Topliss-reactive ketones (excluding diaryl/α,β-unsaturated/α-hetero) is 1. The van der Waals surface area contributed by atoms with Crippen molar-refractivity contribution in [2.75, 3.05) is 0 Å². The van der Waals surface area contributed by atoms with Crippen molar-refractivity contribution in [3.63, 3.8) is 0 Å². The van der Waals surface area contributed by atoms with E-state index in [0.29, 0.717) is 17.9 Å². The van der Waals surface area contributed by atoms with Gasteiger partial charge in [0.2, 0.25) is 0 Å². The maximum absolute atomic E-state index is 14.0. The number of ketones is 1. The van der Waals surface area contributed by atoms with Gasteiger partial charge in [0.15, 0.2) is 11.6 Å². The topological polar surface area (TPSA) is 17.1 Å². The number of rotatable bonds is 2. The molecule has 1 aliphatic rings. The summed E-state index contributed by atoms with van der Waals surface area (Å²) in [5.74, 6) is -1.31. The molecule has 0 saturated heterocycles. The van der Waals surface area contributed by atoms with E-state index in [2.05, 4.69) is 6.92 Å². The summed E-state index contributed by atoms with van der Waals surface area (Å²) in [7, 11) is 0. The second kappa shape index (κ2) is 5.03. The summed E-state index contributed by atoms with van der Waals surface area (Å²) in [6, 6.07) is 4.20. The monoisotopic (exact) mass is 266 g/mol. The summed E-state index contributed by atoms with van der Waals surface area (Å²) < 4.78 is 27.3. The van der Waals surface area contributed by atoms with Crippen molar-refractivity contribution in [2.24, 2.45) is 11.8 Å². The molecule has 2 unspecified atom stereocenters. The molecule has 0 aromatic heterocycles. The molecule has 0 heterocycles. The highest BCUT2D eigenvalue weighted by Crippen LogP contribution is 2.41. The largest absolute Gasteiger partial charge is 0.299 e. The quantitative estimate of drug-likeness (QED) is 0.782. The standard InChI is InChI=1S/C16H20F2O/c1-10-7-8-11(14(19)9-10)16(2,3)12-5-4-6-13(17)15(12)18/h4-6,10-11H,7-9H2,1-3H3. The molecule has 3 heteroatoms. The van der Waals surface area contributed by atoms with E-state index in [9.17, 15) is 13.6 Å². The van der Waals surface area contributed by atoms with E-state index in [1.807, 2.05) is 13.8 Å². The Morgan fingerprint density at radius 3 is 2.53 bits per heavy atom. The smallest absolute Gasteiger partial charge is 0.162 e. The Kier molecular flexibility index (Phi) is 3.75. The first-order chi connectivity index (χ1) is 8.84. The molecule has 2 rings (SSSR count). The Hall–Kier alpha value is -1.25. The molecule has 19 heavy (non-hydrogen) atoms. The van der Waals surface area contributed by atoms with Crippen molar-refractivity contribution < 1.29 is 13.6 Å². The van der Waals surface area contributed by atoms with Crippen LogP contribution in [-0.4, -0.2) is 5.78 Å². The third kappa shape index (κ3) is 2.56. The Labute approximate surface area is 113 Å². The molecule has 104 valence electrons. The molecule has 1 fully saturated rings. The van der Waals surface area contributed by atoms with Crippen LogP contribution in [-0.2, 0) is 10.2 Å². The third-order valence-electron chi connectivity index (χ3n) is 4.40. The average molecular weight is 266 g/mol. The molecular weight excluding hydrogens is 246 g/mol. The fourth-order valence-corrected chi connectivity index (χ4v) is 3.15. The van der Waals surface area contributed by atoms with Gasteiger partial charge >= 0.3 is 0 Å². The summed E-state index contributed by atoms with van der Waals surface area (Å²) >= 11 is 0. The molecule has 1 aliphatic carbocycles. The first kappa shape index (κ1) is 14.2. The van der Waals surface area contributed by atoms with Gasteiger partial charge in [-0.3, -0.25) is 4.79 Å². The second-order valence-corrected chi connectivity index (χ2v) is 6.23. The predicted octanol–water partition coefficient (Wildman–Crippen LogP) is 4.25. The minimum Gasteiger partial charge on any atom is -0.299 e. The molecule has 1 aromatic carbocycles. The first-order valence-electron chi connectivity index (χ1n) is 6.81. The Balaban J connectivity index is 2.36. The lowest BCUT2D eigenvalue weighted by molar-refractivity contribution is -0.128. The Morgan fingerprint density at radius 2 is 1.89 bits per heavy atom. The van der Waals surface area contributed by atoms with Crippen molar-refractivity contribution in [3.8, 4) is 0 Å². The van der Waals surface area contributed by atoms with Gasteiger partial charge in [-0.1, -0.05) is 32.9 Å². The van der Waals surface area contributed by atoms with Crippen molar-refractivity contribution >= 4 is 5.78 Å². The van der Waals surface area contributed by atoms with E-state index in [0.717, 1.165) is 18.9 Å². The summed E-state index contributed by atoms with van der Waals surface area (Å²) in [5, 5.41) is 0. The van der Waals surface area contributed by atoms with E-state index >= 15 is 0 Å². The molecule has 0 bridgehead atoms. The minimum absolute atomic E-state index is 0.174. The molecule has 2 atom stereocenters. The third-order valence-corrected chi connectivity index (χ3v) is 4.40. The van der Waals surface area contributed by atoms with Crippen molar-refractivity contribution in [1.29, 1.82) is 0 Å². The van der Waals surface area contributed by atoms with Crippen molar-refractivity contribution in [1.82, 2.24) is 0 Å². The van der Waals surface area contributed by atoms with Crippen molar-refractivity contribution in [2.45, 2.75) is 45.4 Å². The number of hydrogen-bond donors (Lipinski definition) is 0. The molecule has 0 spiro atoms.